The molecule has 1 aromatic rings. The predicted octanol–water partition coefficient (Wildman–Crippen LogP) is 2.38. The molecule has 2 atom stereocenters. The molecule has 2 unspecified atom stereocenters. The molecule has 0 bridgehead atoms. The molecule has 1 aliphatic rings. The fourth-order valence-electron chi connectivity index (χ4n) is 2.50. The molecule has 2 rings (SSSR count). The molecule has 1 aliphatic heterocycles. The van der Waals surface area contributed by atoms with Crippen LogP contribution in [-0.4, -0.2) is 49.3 Å². The van der Waals surface area contributed by atoms with Crippen molar-refractivity contribution in [2.45, 2.75) is 45.4 Å². The summed E-state index contributed by atoms with van der Waals surface area (Å²) in [6, 6.07) is 3.34. The molecule has 0 amide bonds. The Kier molecular flexibility index (Phi) is 5.82. The second-order valence-corrected chi connectivity index (χ2v) is 6.51. The van der Waals surface area contributed by atoms with Crippen molar-refractivity contribution in [3.8, 4) is 0 Å². The summed E-state index contributed by atoms with van der Waals surface area (Å²) < 4.78 is 5.84. The molecule has 1 saturated heterocycles. The molecule has 19 heavy (non-hydrogen) atoms. The third-order valence-electron chi connectivity index (χ3n) is 3.72. The van der Waals surface area contributed by atoms with Gasteiger partial charge in [-0.3, -0.25) is 4.90 Å². The highest BCUT2D eigenvalue weighted by molar-refractivity contribution is 7.07. The summed E-state index contributed by atoms with van der Waals surface area (Å²) in [5, 5.41) is 7.98. The lowest BCUT2D eigenvalue weighted by molar-refractivity contribution is -0.0379. The highest BCUT2D eigenvalue weighted by Crippen LogP contribution is 2.10. The number of ether oxygens (including phenoxy) is 1. The van der Waals surface area contributed by atoms with Gasteiger partial charge in [0.25, 0.3) is 0 Å². The van der Waals surface area contributed by atoms with E-state index in [0.717, 1.165) is 32.7 Å². The summed E-state index contributed by atoms with van der Waals surface area (Å²) in [7, 11) is 0. The van der Waals surface area contributed by atoms with E-state index in [1.165, 1.54) is 5.56 Å². The summed E-state index contributed by atoms with van der Waals surface area (Å²) in [5.41, 5.74) is 1.43. The molecule has 3 nitrogen and oxygen atoms in total. The standard InChI is InChI=1S/C15H26N2OS/c1-12(2)17-5-6-18-15(10-17)9-16-13(3)8-14-4-7-19-11-14/h4,7,11-13,15-16H,5-6,8-10H2,1-3H3. The number of hydrogen-bond acceptors (Lipinski definition) is 4. The lowest BCUT2D eigenvalue weighted by Crippen LogP contribution is -2.50. The Morgan fingerprint density at radius 2 is 2.32 bits per heavy atom. The van der Waals surface area contributed by atoms with E-state index in [1.807, 2.05) is 0 Å². The third-order valence-corrected chi connectivity index (χ3v) is 4.45. The van der Waals surface area contributed by atoms with Gasteiger partial charge in [0.2, 0.25) is 0 Å². The largest absolute Gasteiger partial charge is 0.374 e. The van der Waals surface area contributed by atoms with Gasteiger partial charge < -0.3 is 10.1 Å². The molecule has 0 aromatic carbocycles. The van der Waals surface area contributed by atoms with E-state index in [1.54, 1.807) is 11.3 Å². The van der Waals surface area contributed by atoms with Crippen LogP contribution in [0.25, 0.3) is 0 Å². The summed E-state index contributed by atoms with van der Waals surface area (Å²) in [4.78, 5) is 2.50. The summed E-state index contributed by atoms with van der Waals surface area (Å²) in [5.74, 6) is 0. The van der Waals surface area contributed by atoms with Crippen molar-refractivity contribution in [2.75, 3.05) is 26.2 Å². The second kappa shape index (κ2) is 7.39. The lowest BCUT2D eigenvalue weighted by atomic mass is 10.1. The van der Waals surface area contributed by atoms with E-state index in [9.17, 15) is 0 Å². The zero-order valence-electron chi connectivity index (χ0n) is 12.3. The van der Waals surface area contributed by atoms with E-state index in [4.69, 9.17) is 4.74 Å². The van der Waals surface area contributed by atoms with Gasteiger partial charge in [0, 0.05) is 31.7 Å². The van der Waals surface area contributed by atoms with Crippen molar-refractivity contribution in [2.24, 2.45) is 0 Å². The van der Waals surface area contributed by atoms with Gasteiger partial charge in [0.1, 0.15) is 0 Å². The first-order chi connectivity index (χ1) is 9.15. The number of morpholine rings is 1. The van der Waals surface area contributed by atoms with E-state index < -0.39 is 0 Å². The molecule has 1 N–H and O–H groups in total. The van der Waals surface area contributed by atoms with Crippen molar-refractivity contribution in [1.82, 2.24) is 10.2 Å². The van der Waals surface area contributed by atoms with Crippen LogP contribution in [-0.2, 0) is 11.2 Å². The summed E-state index contributed by atoms with van der Waals surface area (Å²) >= 11 is 1.77. The van der Waals surface area contributed by atoms with Crippen molar-refractivity contribution >= 4 is 11.3 Å². The minimum Gasteiger partial charge on any atom is -0.374 e. The summed E-state index contributed by atoms with van der Waals surface area (Å²) in [6.07, 6.45) is 1.44. The molecule has 4 heteroatoms. The van der Waals surface area contributed by atoms with E-state index in [-0.39, 0.29) is 0 Å². The maximum absolute atomic E-state index is 5.84. The Hall–Kier alpha value is -0.420. The van der Waals surface area contributed by atoms with Crippen molar-refractivity contribution in [3.05, 3.63) is 22.4 Å². The number of hydrogen-bond donors (Lipinski definition) is 1. The lowest BCUT2D eigenvalue weighted by Gasteiger charge is -2.36. The Morgan fingerprint density at radius 1 is 1.47 bits per heavy atom. The van der Waals surface area contributed by atoms with Gasteiger partial charge in [-0.25, -0.2) is 0 Å². The first-order valence-electron chi connectivity index (χ1n) is 7.25. The molecule has 0 aliphatic carbocycles. The van der Waals surface area contributed by atoms with Gasteiger partial charge in [0.15, 0.2) is 0 Å². The van der Waals surface area contributed by atoms with Gasteiger partial charge in [-0.2, -0.15) is 11.3 Å². The third kappa shape index (κ3) is 4.88. The average Bonchev–Trinajstić information content (AvgIpc) is 2.89. The van der Waals surface area contributed by atoms with Crippen LogP contribution in [0.5, 0.6) is 0 Å². The Morgan fingerprint density at radius 3 is 3.00 bits per heavy atom. The molecule has 0 radical (unpaired) electrons. The Balaban J connectivity index is 1.69. The minimum absolute atomic E-state index is 0.334. The van der Waals surface area contributed by atoms with Crippen LogP contribution in [0.2, 0.25) is 0 Å². The zero-order valence-corrected chi connectivity index (χ0v) is 13.1. The van der Waals surface area contributed by atoms with Crippen LogP contribution in [0.1, 0.15) is 26.3 Å². The van der Waals surface area contributed by atoms with Crippen LogP contribution in [0, 0.1) is 0 Å². The van der Waals surface area contributed by atoms with Crippen LogP contribution in [0.4, 0.5) is 0 Å². The van der Waals surface area contributed by atoms with Crippen LogP contribution < -0.4 is 5.32 Å². The highest BCUT2D eigenvalue weighted by atomic mass is 32.1. The van der Waals surface area contributed by atoms with Crippen LogP contribution >= 0.6 is 11.3 Å². The zero-order chi connectivity index (χ0) is 13.7. The predicted molar refractivity (Wildman–Crippen MR) is 81.9 cm³/mol. The molecular formula is C15H26N2OS. The maximum atomic E-state index is 5.84. The quantitative estimate of drug-likeness (QED) is 0.867. The van der Waals surface area contributed by atoms with Gasteiger partial charge in [0.05, 0.1) is 12.7 Å². The Bertz CT molecular complexity index is 353. The minimum atomic E-state index is 0.334. The average molecular weight is 282 g/mol. The number of nitrogens with zero attached hydrogens (tertiary/aromatic N) is 1. The first-order valence-corrected chi connectivity index (χ1v) is 8.19. The monoisotopic (exact) mass is 282 g/mol. The Labute approximate surface area is 121 Å². The van der Waals surface area contributed by atoms with Crippen molar-refractivity contribution in [3.63, 3.8) is 0 Å². The summed E-state index contributed by atoms with van der Waals surface area (Å²) in [6.45, 7) is 10.7. The van der Waals surface area contributed by atoms with E-state index in [2.05, 4.69) is 47.8 Å². The van der Waals surface area contributed by atoms with Gasteiger partial charge in [-0.15, -0.1) is 0 Å². The molecule has 108 valence electrons. The normalized spacial score (nSPS) is 22.8. The van der Waals surface area contributed by atoms with Crippen LogP contribution in [0.15, 0.2) is 16.8 Å². The van der Waals surface area contributed by atoms with Gasteiger partial charge >= 0.3 is 0 Å². The number of thiophene rings is 1. The molecule has 0 spiro atoms. The van der Waals surface area contributed by atoms with E-state index >= 15 is 0 Å². The number of nitrogens with one attached hydrogen (secondary N) is 1. The van der Waals surface area contributed by atoms with Crippen molar-refractivity contribution in [1.29, 1.82) is 0 Å². The second-order valence-electron chi connectivity index (χ2n) is 5.73. The van der Waals surface area contributed by atoms with E-state index in [0.29, 0.717) is 18.2 Å². The molecule has 1 aromatic heterocycles. The highest BCUT2D eigenvalue weighted by Gasteiger charge is 2.22. The molecule has 2 heterocycles. The fraction of sp³-hybridized carbons (Fsp3) is 0.733. The maximum Gasteiger partial charge on any atom is 0.0826 e. The van der Waals surface area contributed by atoms with Gasteiger partial charge in [-0.1, -0.05) is 0 Å². The smallest absolute Gasteiger partial charge is 0.0826 e. The topological polar surface area (TPSA) is 24.5 Å². The van der Waals surface area contributed by atoms with Crippen molar-refractivity contribution < 1.29 is 4.74 Å². The molecular weight excluding hydrogens is 256 g/mol. The van der Waals surface area contributed by atoms with Crippen LogP contribution in [0.3, 0.4) is 0 Å². The first kappa shape index (κ1) is 15.0. The SMILES string of the molecule is CC(Cc1ccsc1)NCC1CN(C(C)C)CCO1. The molecule has 1 fully saturated rings. The fourth-order valence-corrected chi connectivity index (χ4v) is 3.18. The molecule has 0 saturated carbocycles. The van der Waals surface area contributed by atoms with Gasteiger partial charge in [-0.05, 0) is 49.6 Å². The number of rotatable bonds is 6.